The summed E-state index contributed by atoms with van der Waals surface area (Å²) in [6.45, 7) is 4.78. The maximum absolute atomic E-state index is 12.9. The SMILES string of the molecule is CCC/C=C/CCCCCCCCCCCCCOC(=O)c1ccc(S(=O)(=O)[O-])cc1C(=O)OCCCCCCCCCCCCC/C=C/CCC.[K+]. The van der Waals surface area contributed by atoms with Crippen LogP contribution in [0.2, 0.25) is 0 Å². The van der Waals surface area contributed by atoms with Crippen molar-refractivity contribution in [2.24, 2.45) is 0 Å². The summed E-state index contributed by atoms with van der Waals surface area (Å²) in [6, 6.07) is 3.13. The number of allylic oxidation sites excluding steroid dienone is 4. The van der Waals surface area contributed by atoms with E-state index in [4.69, 9.17) is 9.47 Å². The van der Waals surface area contributed by atoms with Crippen LogP contribution in [0, 0.1) is 0 Å². The van der Waals surface area contributed by atoms with Gasteiger partial charge in [0.1, 0.15) is 10.1 Å². The molecule has 0 aliphatic carbocycles. The van der Waals surface area contributed by atoms with Gasteiger partial charge in [-0.15, -0.1) is 0 Å². The molecule has 0 fully saturated rings. The number of carbonyl (C=O) groups excluding carboxylic acids is 2. The van der Waals surface area contributed by atoms with E-state index in [9.17, 15) is 22.6 Å². The Kier molecular flexibility index (Phi) is 36.2. The van der Waals surface area contributed by atoms with Crippen LogP contribution in [0.3, 0.4) is 0 Å². The van der Waals surface area contributed by atoms with Gasteiger partial charge in [0.2, 0.25) is 0 Å². The molecule has 1 aromatic carbocycles. The summed E-state index contributed by atoms with van der Waals surface area (Å²) in [7, 11) is -4.81. The van der Waals surface area contributed by atoms with E-state index in [0.29, 0.717) is 12.8 Å². The largest absolute Gasteiger partial charge is 1.00 e. The maximum Gasteiger partial charge on any atom is 1.00 e. The smallest absolute Gasteiger partial charge is 0.744 e. The van der Waals surface area contributed by atoms with E-state index in [0.717, 1.165) is 50.7 Å². The summed E-state index contributed by atoms with van der Waals surface area (Å²) in [6.07, 6.45) is 42.1. The molecule has 0 atom stereocenters. The second kappa shape index (κ2) is 36.8. The average Bonchev–Trinajstić information content (AvgIpc) is 3.13. The van der Waals surface area contributed by atoms with Crippen LogP contribution in [0.4, 0.5) is 0 Å². The normalized spacial score (nSPS) is 11.7. The molecule has 9 heteroatoms. The molecule has 0 saturated heterocycles. The van der Waals surface area contributed by atoms with Crippen molar-refractivity contribution in [2.75, 3.05) is 13.2 Å². The molecule has 0 amide bonds. The van der Waals surface area contributed by atoms with Crippen molar-refractivity contribution in [3.8, 4) is 0 Å². The van der Waals surface area contributed by atoms with Crippen molar-refractivity contribution < 1.29 is 83.4 Å². The molecule has 1 rings (SSSR count). The third kappa shape index (κ3) is 30.1. The van der Waals surface area contributed by atoms with E-state index in [2.05, 4.69) is 38.2 Å². The Labute approximate surface area is 367 Å². The molecule has 0 aliphatic heterocycles. The van der Waals surface area contributed by atoms with E-state index >= 15 is 0 Å². The Balaban J connectivity index is 0.0000270. The van der Waals surface area contributed by atoms with Gasteiger partial charge in [0.25, 0.3) is 0 Å². The van der Waals surface area contributed by atoms with Gasteiger partial charge in [0, 0.05) is 0 Å². The van der Waals surface area contributed by atoms with Crippen LogP contribution in [0.25, 0.3) is 0 Å². The Hall–Kier alpha value is -0.814. The topological polar surface area (TPSA) is 110 Å². The van der Waals surface area contributed by atoms with E-state index in [1.807, 2.05) is 0 Å². The van der Waals surface area contributed by atoms with Gasteiger partial charge in [-0.2, -0.15) is 0 Å². The summed E-state index contributed by atoms with van der Waals surface area (Å²) < 4.78 is 45.7. The van der Waals surface area contributed by atoms with E-state index in [1.165, 1.54) is 134 Å². The molecule has 0 aromatic heterocycles. The van der Waals surface area contributed by atoms with Crippen LogP contribution in [0.15, 0.2) is 47.4 Å². The van der Waals surface area contributed by atoms with Crippen molar-refractivity contribution in [3.63, 3.8) is 0 Å². The average molecular weight is 785 g/mol. The van der Waals surface area contributed by atoms with Crippen molar-refractivity contribution in [2.45, 2.75) is 199 Å². The molecule has 0 bridgehead atoms. The van der Waals surface area contributed by atoms with Gasteiger partial charge in [-0.05, 0) is 69.6 Å². The molecule has 298 valence electrons. The van der Waals surface area contributed by atoms with Crippen LogP contribution < -0.4 is 51.4 Å². The number of carbonyl (C=O) groups is 2. The third-order valence-electron chi connectivity index (χ3n) is 9.46. The van der Waals surface area contributed by atoms with Gasteiger partial charge >= 0.3 is 63.3 Å². The molecule has 0 N–H and O–H groups in total. The van der Waals surface area contributed by atoms with Crippen molar-refractivity contribution in [1.29, 1.82) is 0 Å². The van der Waals surface area contributed by atoms with Gasteiger partial charge in [0.05, 0.1) is 29.2 Å². The van der Waals surface area contributed by atoms with Gasteiger partial charge in [-0.25, -0.2) is 18.0 Å². The summed E-state index contributed by atoms with van der Waals surface area (Å²) in [4.78, 5) is 25.2. The Morgan fingerprint density at radius 1 is 0.509 bits per heavy atom. The van der Waals surface area contributed by atoms with Gasteiger partial charge in [-0.1, -0.05) is 167 Å². The molecule has 0 spiro atoms. The summed E-state index contributed by atoms with van der Waals surface area (Å²) in [5.74, 6) is -1.55. The summed E-state index contributed by atoms with van der Waals surface area (Å²) >= 11 is 0. The zero-order chi connectivity index (χ0) is 38.0. The van der Waals surface area contributed by atoms with Crippen LogP contribution in [0.5, 0.6) is 0 Å². The van der Waals surface area contributed by atoms with E-state index < -0.39 is 27.0 Å². The van der Waals surface area contributed by atoms with Gasteiger partial charge < -0.3 is 14.0 Å². The first-order valence-electron chi connectivity index (χ1n) is 21.0. The molecule has 0 unspecified atom stereocenters. The Morgan fingerprint density at radius 2 is 0.830 bits per heavy atom. The monoisotopic (exact) mass is 784 g/mol. The first kappa shape index (κ1) is 52.2. The third-order valence-corrected chi connectivity index (χ3v) is 10.3. The number of unbranched alkanes of at least 4 members (excludes halogenated alkanes) is 24. The number of hydrogen-bond acceptors (Lipinski definition) is 7. The second-order valence-corrected chi connectivity index (χ2v) is 15.7. The maximum atomic E-state index is 12.9. The minimum atomic E-state index is -4.81. The molecule has 1 aromatic rings. The van der Waals surface area contributed by atoms with E-state index in [-0.39, 0.29) is 75.7 Å². The minimum absolute atomic E-state index is 0. The number of rotatable bonds is 35. The van der Waals surface area contributed by atoms with Gasteiger partial charge in [0.15, 0.2) is 0 Å². The Bertz CT molecular complexity index is 1210. The number of hydrogen-bond donors (Lipinski definition) is 0. The summed E-state index contributed by atoms with van der Waals surface area (Å²) in [5.41, 5.74) is -0.340. The second-order valence-electron chi connectivity index (χ2n) is 14.3. The zero-order valence-electron chi connectivity index (χ0n) is 34.0. The van der Waals surface area contributed by atoms with Crippen LogP contribution >= 0.6 is 0 Å². The van der Waals surface area contributed by atoms with Crippen LogP contribution in [-0.2, 0) is 19.6 Å². The molecule has 0 heterocycles. The predicted octanol–water partition coefficient (Wildman–Crippen LogP) is 9.98. The van der Waals surface area contributed by atoms with Crippen LogP contribution in [0.1, 0.15) is 214 Å². The van der Waals surface area contributed by atoms with Gasteiger partial charge in [-0.3, -0.25) is 0 Å². The molecule has 0 aliphatic rings. The number of esters is 2. The molecular formula is C44H73KO7S. The molecule has 0 saturated carbocycles. The fraction of sp³-hybridized carbons (Fsp3) is 0.727. The molecule has 53 heavy (non-hydrogen) atoms. The fourth-order valence-corrected chi connectivity index (χ4v) is 6.72. The predicted molar refractivity (Wildman–Crippen MR) is 214 cm³/mol. The zero-order valence-corrected chi connectivity index (χ0v) is 38.0. The first-order valence-corrected chi connectivity index (χ1v) is 22.5. The molecule has 7 nitrogen and oxygen atoms in total. The fourth-order valence-electron chi connectivity index (χ4n) is 6.23. The first-order chi connectivity index (χ1) is 25.3. The summed E-state index contributed by atoms with van der Waals surface area (Å²) in [5, 5.41) is 0. The molecular weight excluding hydrogens is 712 g/mol. The minimum Gasteiger partial charge on any atom is -0.744 e. The standard InChI is InChI=1S/C44H74O7S.K/c1-3-5-7-9-11-13-15-17-19-21-23-25-27-29-31-33-37-50-43(45)41-36-35-40(52(47,48)49)39-42(41)44(46)51-38-34-32-30-28-26-24-22-20-18-16-14-12-10-8-6-4-2;/h7-10,35-36,39H,3-6,11-34,37-38H2,1-2H3,(H,47,48,49);/q;+1/p-1/b9-7+,10-8+;. The van der Waals surface area contributed by atoms with Crippen molar-refractivity contribution in [1.82, 2.24) is 0 Å². The molecule has 0 radical (unpaired) electrons. The quantitative estimate of drug-likeness (QED) is 0.0222. The Morgan fingerprint density at radius 3 is 1.19 bits per heavy atom. The van der Waals surface area contributed by atoms with Crippen LogP contribution in [-0.4, -0.2) is 38.1 Å². The van der Waals surface area contributed by atoms with E-state index in [1.54, 1.807) is 0 Å². The van der Waals surface area contributed by atoms with Crippen molar-refractivity contribution in [3.05, 3.63) is 53.6 Å². The number of ether oxygens (including phenoxy) is 2. The van der Waals surface area contributed by atoms with Crippen molar-refractivity contribution >= 4 is 22.1 Å². The number of benzene rings is 1.